The molecule has 0 bridgehead atoms. The molecule has 2 rings (SSSR count). The maximum Gasteiger partial charge on any atom is 0.302 e. The van der Waals surface area contributed by atoms with E-state index in [1.165, 1.54) is 0 Å². The third-order valence-corrected chi connectivity index (χ3v) is 3.19. The van der Waals surface area contributed by atoms with Crippen molar-refractivity contribution in [3.05, 3.63) is 81.4 Å². The minimum Gasteiger partial charge on any atom is -0.262 e. The van der Waals surface area contributed by atoms with Crippen LogP contribution < -0.4 is 5.73 Å². The lowest BCUT2D eigenvalue weighted by Crippen LogP contribution is -2.46. The van der Waals surface area contributed by atoms with Crippen molar-refractivity contribution >= 4 is 0 Å². The average molecular weight is 256 g/mol. The minimum atomic E-state index is -1.59. The second-order valence-electron chi connectivity index (χ2n) is 4.71. The van der Waals surface area contributed by atoms with Crippen LogP contribution in [-0.4, -0.2) is 4.92 Å². The van der Waals surface area contributed by atoms with Crippen molar-refractivity contribution in [3.63, 3.8) is 0 Å². The van der Waals surface area contributed by atoms with Crippen molar-refractivity contribution in [1.29, 1.82) is 0 Å². The molecule has 98 valence electrons. The van der Waals surface area contributed by atoms with Crippen LogP contribution in [0.3, 0.4) is 0 Å². The molecule has 0 aliphatic carbocycles. The van der Waals surface area contributed by atoms with Gasteiger partial charge in [-0.15, -0.1) is 0 Å². The van der Waals surface area contributed by atoms with Crippen LogP contribution in [0.2, 0.25) is 0 Å². The van der Waals surface area contributed by atoms with Gasteiger partial charge in [-0.05, 0) is 12.5 Å². The molecule has 4 nitrogen and oxygen atoms in total. The van der Waals surface area contributed by atoms with E-state index in [1.54, 1.807) is 12.1 Å². The number of nitro groups is 1. The van der Waals surface area contributed by atoms with E-state index in [-0.39, 0.29) is 6.42 Å². The molecule has 19 heavy (non-hydrogen) atoms. The molecule has 4 heteroatoms. The summed E-state index contributed by atoms with van der Waals surface area (Å²) in [5, 5.41) is 11.4. The number of hydrogen-bond acceptors (Lipinski definition) is 3. The van der Waals surface area contributed by atoms with Crippen LogP contribution in [0.1, 0.15) is 16.7 Å². The van der Waals surface area contributed by atoms with Crippen LogP contribution in [0.15, 0.2) is 54.6 Å². The van der Waals surface area contributed by atoms with E-state index in [0.29, 0.717) is 5.56 Å². The van der Waals surface area contributed by atoms with Gasteiger partial charge in [0.15, 0.2) is 0 Å². The number of hydrogen-bond donors (Lipinski definition) is 1. The fourth-order valence-electron chi connectivity index (χ4n) is 2.02. The molecule has 2 N–H and O–H groups in total. The van der Waals surface area contributed by atoms with Crippen LogP contribution in [0, 0.1) is 17.0 Å². The van der Waals surface area contributed by atoms with E-state index < -0.39 is 10.6 Å². The van der Waals surface area contributed by atoms with E-state index in [2.05, 4.69) is 0 Å². The first-order valence-electron chi connectivity index (χ1n) is 6.07. The van der Waals surface area contributed by atoms with Crippen molar-refractivity contribution in [3.8, 4) is 0 Å². The molecular formula is C15H16N2O2. The Morgan fingerprint density at radius 3 is 2.21 bits per heavy atom. The van der Waals surface area contributed by atoms with E-state index in [1.807, 2.05) is 49.4 Å². The Morgan fingerprint density at radius 2 is 1.68 bits per heavy atom. The van der Waals surface area contributed by atoms with Crippen molar-refractivity contribution in [2.45, 2.75) is 19.0 Å². The highest BCUT2D eigenvalue weighted by molar-refractivity contribution is 5.28. The molecule has 1 unspecified atom stereocenters. The van der Waals surface area contributed by atoms with Crippen LogP contribution >= 0.6 is 0 Å². The second kappa shape index (κ2) is 5.20. The zero-order valence-corrected chi connectivity index (χ0v) is 10.7. The van der Waals surface area contributed by atoms with E-state index in [4.69, 9.17) is 5.73 Å². The fraction of sp³-hybridized carbons (Fsp3) is 0.200. The third-order valence-electron chi connectivity index (χ3n) is 3.19. The first-order chi connectivity index (χ1) is 9.02. The molecule has 0 heterocycles. The Kier molecular flexibility index (Phi) is 3.62. The Morgan fingerprint density at radius 1 is 1.11 bits per heavy atom. The normalized spacial score (nSPS) is 13.8. The Bertz CT molecular complexity index is 566. The molecule has 0 fully saturated rings. The van der Waals surface area contributed by atoms with Crippen molar-refractivity contribution in [2.24, 2.45) is 5.73 Å². The maximum absolute atomic E-state index is 11.4. The molecule has 2 aromatic rings. The molecule has 0 saturated carbocycles. The van der Waals surface area contributed by atoms with Crippen LogP contribution in [0.25, 0.3) is 0 Å². The molecule has 0 aliphatic rings. The predicted molar refractivity (Wildman–Crippen MR) is 74.2 cm³/mol. The first-order valence-corrected chi connectivity index (χ1v) is 6.07. The molecular weight excluding hydrogens is 240 g/mol. The summed E-state index contributed by atoms with van der Waals surface area (Å²) in [6.45, 7) is 1.94. The van der Waals surface area contributed by atoms with Gasteiger partial charge in [0.2, 0.25) is 0 Å². The predicted octanol–water partition coefficient (Wildman–Crippen LogP) is 2.63. The zero-order chi connectivity index (χ0) is 13.9. The standard InChI is InChI=1S/C15H16N2O2/c1-12-7-9-14(10-8-12)15(16,17(18)19)11-13-5-3-2-4-6-13/h2-10H,11,16H2,1H3. The summed E-state index contributed by atoms with van der Waals surface area (Å²) in [5.41, 5.74) is 6.88. The zero-order valence-electron chi connectivity index (χ0n) is 10.7. The van der Waals surface area contributed by atoms with E-state index >= 15 is 0 Å². The van der Waals surface area contributed by atoms with Gasteiger partial charge in [0.05, 0.1) is 6.42 Å². The number of nitrogens with two attached hydrogens (primary N) is 1. The Hall–Kier alpha value is -2.20. The smallest absolute Gasteiger partial charge is 0.262 e. The number of nitrogens with zero attached hydrogens (tertiary/aromatic N) is 1. The minimum absolute atomic E-state index is 0.171. The van der Waals surface area contributed by atoms with Crippen LogP contribution in [0.4, 0.5) is 0 Å². The summed E-state index contributed by atoms with van der Waals surface area (Å²) in [6, 6.07) is 16.4. The summed E-state index contributed by atoms with van der Waals surface area (Å²) in [6.07, 6.45) is 0.171. The van der Waals surface area contributed by atoms with Gasteiger partial charge in [0, 0.05) is 10.5 Å². The van der Waals surface area contributed by atoms with Gasteiger partial charge < -0.3 is 0 Å². The molecule has 0 saturated heterocycles. The molecule has 0 radical (unpaired) electrons. The molecule has 2 aromatic carbocycles. The van der Waals surface area contributed by atoms with E-state index in [9.17, 15) is 10.1 Å². The number of benzene rings is 2. The average Bonchev–Trinajstić information content (AvgIpc) is 2.40. The fourth-order valence-corrected chi connectivity index (χ4v) is 2.02. The highest BCUT2D eigenvalue weighted by Crippen LogP contribution is 2.24. The lowest BCUT2D eigenvalue weighted by Gasteiger charge is -2.21. The quantitative estimate of drug-likeness (QED) is 0.519. The highest BCUT2D eigenvalue weighted by Gasteiger charge is 2.40. The van der Waals surface area contributed by atoms with Crippen LogP contribution in [0.5, 0.6) is 0 Å². The van der Waals surface area contributed by atoms with Gasteiger partial charge in [0.1, 0.15) is 0 Å². The first kappa shape index (κ1) is 13.2. The SMILES string of the molecule is Cc1ccc(C(N)(Cc2ccccc2)[N+](=O)[O-])cc1. The highest BCUT2D eigenvalue weighted by atomic mass is 16.6. The number of aryl methyl sites for hydroxylation is 1. The van der Waals surface area contributed by atoms with Crippen LogP contribution in [-0.2, 0) is 12.1 Å². The van der Waals surface area contributed by atoms with E-state index in [0.717, 1.165) is 11.1 Å². The summed E-state index contributed by atoms with van der Waals surface area (Å²) < 4.78 is 0. The Balaban J connectivity index is 2.38. The van der Waals surface area contributed by atoms with Crippen molar-refractivity contribution < 1.29 is 4.92 Å². The molecule has 1 atom stereocenters. The monoisotopic (exact) mass is 256 g/mol. The van der Waals surface area contributed by atoms with Gasteiger partial charge >= 0.3 is 5.66 Å². The van der Waals surface area contributed by atoms with Gasteiger partial charge in [-0.3, -0.25) is 15.8 Å². The maximum atomic E-state index is 11.4. The lowest BCUT2D eigenvalue weighted by atomic mass is 9.92. The Labute approximate surface area is 112 Å². The third kappa shape index (κ3) is 2.80. The summed E-state index contributed by atoms with van der Waals surface area (Å²) >= 11 is 0. The van der Waals surface area contributed by atoms with Gasteiger partial charge in [-0.2, -0.15) is 0 Å². The molecule has 0 aromatic heterocycles. The summed E-state index contributed by atoms with van der Waals surface area (Å²) in [7, 11) is 0. The second-order valence-corrected chi connectivity index (χ2v) is 4.71. The lowest BCUT2D eigenvalue weighted by molar-refractivity contribution is -0.578. The summed E-state index contributed by atoms with van der Waals surface area (Å²) in [4.78, 5) is 11.0. The van der Waals surface area contributed by atoms with Gasteiger partial charge in [-0.1, -0.05) is 60.2 Å². The van der Waals surface area contributed by atoms with Crippen molar-refractivity contribution in [2.75, 3.05) is 0 Å². The van der Waals surface area contributed by atoms with Gasteiger partial charge in [0.25, 0.3) is 0 Å². The van der Waals surface area contributed by atoms with Crippen molar-refractivity contribution in [1.82, 2.24) is 0 Å². The number of rotatable bonds is 4. The molecule has 0 spiro atoms. The topological polar surface area (TPSA) is 69.2 Å². The van der Waals surface area contributed by atoms with Gasteiger partial charge in [-0.25, -0.2) is 0 Å². The molecule has 0 aliphatic heterocycles. The summed E-state index contributed by atoms with van der Waals surface area (Å²) in [5.74, 6) is 0. The molecule has 0 amide bonds. The largest absolute Gasteiger partial charge is 0.302 e.